The van der Waals surface area contributed by atoms with E-state index in [0.29, 0.717) is 13.0 Å². The topological polar surface area (TPSA) is 37.4 Å². The number of anilines is 1. The predicted octanol–water partition coefficient (Wildman–Crippen LogP) is 1.83. The van der Waals surface area contributed by atoms with E-state index in [1.54, 1.807) is 12.1 Å². The van der Waals surface area contributed by atoms with Crippen molar-refractivity contribution in [2.75, 3.05) is 30.0 Å². The van der Waals surface area contributed by atoms with Gasteiger partial charge in [-0.25, -0.2) is 12.8 Å². The summed E-state index contributed by atoms with van der Waals surface area (Å²) in [5.74, 6) is -0.00596. The summed E-state index contributed by atoms with van der Waals surface area (Å²) in [5, 5.41) is 0. The van der Waals surface area contributed by atoms with E-state index in [1.165, 1.54) is 12.3 Å². The number of benzene rings is 1. The first-order chi connectivity index (χ1) is 8.46. The highest BCUT2D eigenvalue weighted by atomic mass is 32.2. The molecule has 5 heteroatoms. The molecule has 1 aromatic carbocycles. The van der Waals surface area contributed by atoms with Crippen molar-refractivity contribution in [1.82, 2.24) is 0 Å². The second-order valence-electron chi connectivity index (χ2n) is 4.68. The molecule has 0 spiro atoms. The third kappa shape index (κ3) is 3.45. The van der Waals surface area contributed by atoms with Crippen LogP contribution in [-0.4, -0.2) is 33.5 Å². The Morgan fingerprint density at radius 1 is 1.44 bits per heavy atom. The Labute approximate surface area is 108 Å². The highest BCUT2D eigenvalue weighted by Crippen LogP contribution is 2.28. The van der Waals surface area contributed by atoms with Crippen LogP contribution in [0.5, 0.6) is 0 Å². The Hall–Kier alpha value is -1.10. The van der Waals surface area contributed by atoms with E-state index in [9.17, 15) is 12.8 Å². The minimum Gasteiger partial charge on any atom is -0.371 e. The molecule has 0 atom stereocenters. The lowest BCUT2D eigenvalue weighted by molar-refractivity contribution is 0.600. The summed E-state index contributed by atoms with van der Waals surface area (Å²) in [6.45, 7) is 1.59. The first-order valence-electron chi connectivity index (χ1n) is 5.98. The molecule has 0 saturated heterocycles. The maximum Gasteiger partial charge on any atom is 0.147 e. The number of hydrogen-bond donors (Lipinski definition) is 0. The Kier molecular flexibility index (Phi) is 3.90. The Morgan fingerprint density at radius 3 is 2.94 bits per heavy atom. The molecule has 0 N–H and O–H groups in total. The minimum absolute atomic E-state index is 0.192. The van der Waals surface area contributed by atoms with Crippen LogP contribution in [0.25, 0.3) is 0 Å². The molecular formula is C13H17FNO2S. The van der Waals surface area contributed by atoms with Gasteiger partial charge in [-0.1, -0.05) is 0 Å². The van der Waals surface area contributed by atoms with E-state index in [1.807, 2.05) is 6.42 Å². The van der Waals surface area contributed by atoms with Gasteiger partial charge < -0.3 is 4.90 Å². The van der Waals surface area contributed by atoms with Gasteiger partial charge in [0.2, 0.25) is 0 Å². The zero-order chi connectivity index (χ0) is 13.2. The first kappa shape index (κ1) is 13.3. The Bertz CT molecular complexity index is 528. The molecule has 0 bridgehead atoms. The Balaban J connectivity index is 1.87. The van der Waals surface area contributed by atoms with Crippen LogP contribution in [0.3, 0.4) is 0 Å². The largest absolute Gasteiger partial charge is 0.371 e. The summed E-state index contributed by atoms with van der Waals surface area (Å²) < 4.78 is 35.0. The van der Waals surface area contributed by atoms with Gasteiger partial charge in [-0.05, 0) is 43.0 Å². The van der Waals surface area contributed by atoms with Crippen LogP contribution in [0.15, 0.2) is 18.2 Å². The van der Waals surface area contributed by atoms with Gasteiger partial charge in [0.1, 0.15) is 15.7 Å². The Morgan fingerprint density at radius 2 is 2.22 bits per heavy atom. The van der Waals surface area contributed by atoms with E-state index < -0.39 is 9.84 Å². The quantitative estimate of drug-likeness (QED) is 0.766. The number of sulfone groups is 1. The number of hydrogen-bond acceptors (Lipinski definition) is 3. The summed E-state index contributed by atoms with van der Waals surface area (Å²) in [6.07, 6.45) is 4.63. The summed E-state index contributed by atoms with van der Waals surface area (Å²) in [5.41, 5.74) is 2.10. The van der Waals surface area contributed by atoms with Crippen molar-refractivity contribution in [2.45, 2.75) is 12.8 Å². The standard InChI is InChI=1S/C13H17FNO2S/c1-18(16,17)9-3-2-7-15-8-6-11-10-12(14)4-5-13(11)15/h2,4-5,10H,3,6-9H2,1H3. The van der Waals surface area contributed by atoms with E-state index in [0.717, 1.165) is 24.2 Å². The molecular weight excluding hydrogens is 253 g/mol. The highest BCUT2D eigenvalue weighted by molar-refractivity contribution is 7.90. The molecule has 18 heavy (non-hydrogen) atoms. The average molecular weight is 270 g/mol. The van der Waals surface area contributed by atoms with Crippen molar-refractivity contribution in [3.8, 4) is 0 Å². The van der Waals surface area contributed by atoms with Gasteiger partial charge in [-0.3, -0.25) is 0 Å². The van der Waals surface area contributed by atoms with E-state index in [2.05, 4.69) is 4.90 Å². The van der Waals surface area contributed by atoms with Crippen molar-refractivity contribution < 1.29 is 12.8 Å². The average Bonchev–Trinajstić information content (AvgIpc) is 2.65. The van der Waals surface area contributed by atoms with Crippen LogP contribution < -0.4 is 4.90 Å². The number of fused-ring (bicyclic) bond motifs is 1. The van der Waals surface area contributed by atoms with E-state index in [4.69, 9.17) is 0 Å². The number of halogens is 1. The second kappa shape index (κ2) is 5.26. The number of nitrogens with zero attached hydrogens (tertiary/aromatic N) is 1. The van der Waals surface area contributed by atoms with Crippen LogP contribution in [0.1, 0.15) is 12.0 Å². The van der Waals surface area contributed by atoms with Gasteiger partial charge in [0.05, 0.1) is 5.75 Å². The van der Waals surface area contributed by atoms with Crippen LogP contribution in [0.2, 0.25) is 0 Å². The van der Waals surface area contributed by atoms with Crippen LogP contribution in [-0.2, 0) is 16.3 Å². The van der Waals surface area contributed by atoms with Crippen molar-refractivity contribution in [1.29, 1.82) is 0 Å². The monoisotopic (exact) mass is 270 g/mol. The summed E-state index contributed by atoms with van der Waals surface area (Å²) in [7, 11) is -2.89. The molecule has 0 aromatic heterocycles. The van der Waals surface area contributed by atoms with E-state index in [-0.39, 0.29) is 11.6 Å². The fraction of sp³-hybridized carbons (Fsp3) is 0.462. The lowest BCUT2D eigenvalue weighted by Gasteiger charge is -2.18. The molecule has 1 aliphatic heterocycles. The molecule has 3 nitrogen and oxygen atoms in total. The van der Waals surface area contributed by atoms with Gasteiger partial charge in [0, 0.05) is 25.0 Å². The SMILES string of the molecule is CS(=O)(=O)CC[CH]CN1CCc2cc(F)ccc21. The lowest BCUT2D eigenvalue weighted by atomic mass is 10.1. The number of unbranched alkanes of at least 4 members (excludes halogenated alkanes) is 1. The van der Waals surface area contributed by atoms with Gasteiger partial charge in [0.25, 0.3) is 0 Å². The maximum atomic E-state index is 13.0. The minimum atomic E-state index is -2.89. The van der Waals surface area contributed by atoms with Gasteiger partial charge in [0.15, 0.2) is 0 Å². The third-order valence-corrected chi connectivity index (χ3v) is 4.05. The number of rotatable bonds is 5. The van der Waals surface area contributed by atoms with Crippen LogP contribution in [0.4, 0.5) is 10.1 Å². The summed E-state index contributed by atoms with van der Waals surface area (Å²) in [6, 6.07) is 4.83. The maximum absolute atomic E-state index is 13.0. The second-order valence-corrected chi connectivity index (χ2v) is 6.94. The molecule has 0 saturated carbocycles. The van der Waals surface area contributed by atoms with Crippen LogP contribution in [0, 0.1) is 12.2 Å². The molecule has 99 valence electrons. The molecule has 1 radical (unpaired) electrons. The zero-order valence-corrected chi connectivity index (χ0v) is 11.2. The summed E-state index contributed by atoms with van der Waals surface area (Å²) >= 11 is 0. The molecule has 1 heterocycles. The van der Waals surface area contributed by atoms with Gasteiger partial charge >= 0.3 is 0 Å². The molecule has 0 aliphatic carbocycles. The molecule has 1 aliphatic rings. The zero-order valence-electron chi connectivity index (χ0n) is 10.4. The lowest BCUT2D eigenvalue weighted by Crippen LogP contribution is -2.22. The van der Waals surface area contributed by atoms with Crippen molar-refractivity contribution in [2.24, 2.45) is 0 Å². The van der Waals surface area contributed by atoms with Crippen molar-refractivity contribution >= 4 is 15.5 Å². The van der Waals surface area contributed by atoms with Crippen LogP contribution >= 0.6 is 0 Å². The van der Waals surface area contributed by atoms with Gasteiger partial charge in [-0.15, -0.1) is 0 Å². The fourth-order valence-electron chi connectivity index (χ4n) is 2.17. The van der Waals surface area contributed by atoms with E-state index >= 15 is 0 Å². The predicted molar refractivity (Wildman–Crippen MR) is 70.9 cm³/mol. The normalized spacial score (nSPS) is 14.9. The molecule has 0 fully saturated rings. The third-order valence-electron chi connectivity index (χ3n) is 3.08. The fourth-order valence-corrected chi connectivity index (χ4v) is 2.77. The first-order valence-corrected chi connectivity index (χ1v) is 8.04. The van der Waals surface area contributed by atoms with Crippen molar-refractivity contribution in [3.63, 3.8) is 0 Å². The molecule has 0 amide bonds. The molecule has 0 unspecified atom stereocenters. The molecule has 2 rings (SSSR count). The molecule has 1 aromatic rings. The summed E-state index contributed by atoms with van der Waals surface area (Å²) in [4.78, 5) is 2.15. The highest BCUT2D eigenvalue weighted by Gasteiger charge is 2.18. The van der Waals surface area contributed by atoms with Gasteiger partial charge in [-0.2, -0.15) is 0 Å². The van der Waals surface area contributed by atoms with Crippen molar-refractivity contribution in [3.05, 3.63) is 36.0 Å². The smallest absolute Gasteiger partial charge is 0.147 e.